The van der Waals surface area contributed by atoms with E-state index in [0.717, 1.165) is 24.3 Å². The number of fused-ring (bicyclic) bond motifs is 2. The summed E-state index contributed by atoms with van der Waals surface area (Å²) in [5.74, 6) is -0.491. The molecule has 0 aliphatic carbocycles. The van der Waals surface area contributed by atoms with Crippen molar-refractivity contribution in [3.8, 4) is 0 Å². The molecule has 0 fully saturated rings. The van der Waals surface area contributed by atoms with E-state index in [2.05, 4.69) is 30.1 Å². The molecule has 286 valence electrons. The molecule has 4 heterocycles. The molecule has 6 rings (SSSR count). The third-order valence-corrected chi connectivity index (χ3v) is 8.49. The summed E-state index contributed by atoms with van der Waals surface area (Å²) in [4.78, 5) is 38.4. The number of alkyl halides is 12. The van der Waals surface area contributed by atoms with Crippen molar-refractivity contribution in [3.63, 3.8) is 0 Å². The van der Waals surface area contributed by atoms with E-state index in [-0.39, 0.29) is 22.8 Å². The minimum absolute atomic E-state index is 0.0518. The molecular weight excluding hydrogens is 756 g/mol. The molecule has 54 heavy (non-hydrogen) atoms. The van der Waals surface area contributed by atoms with Crippen LogP contribution in [-0.2, 0) is 31.1 Å². The van der Waals surface area contributed by atoms with E-state index >= 15 is 0 Å². The van der Waals surface area contributed by atoms with Crippen molar-refractivity contribution in [2.75, 3.05) is 0 Å². The quantitative estimate of drug-likeness (QED) is 0.160. The Labute approximate surface area is 292 Å². The van der Waals surface area contributed by atoms with Crippen molar-refractivity contribution in [1.29, 1.82) is 0 Å². The van der Waals surface area contributed by atoms with Crippen molar-refractivity contribution in [2.45, 2.75) is 63.5 Å². The zero-order valence-electron chi connectivity index (χ0n) is 27.2. The van der Waals surface area contributed by atoms with Crippen LogP contribution >= 0.6 is 0 Å². The van der Waals surface area contributed by atoms with Crippen molar-refractivity contribution in [3.05, 3.63) is 115 Å². The highest BCUT2D eigenvalue weighted by Gasteiger charge is 2.41. The number of hydrogen-bond donors (Lipinski definition) is 2. The smallest absolute Gasteiger partial charge is 0.310 e. The standard InChI is InChI=1S/C32H22F12N8O2/c1-13(15-3-7-17(8-4-15)29(33,34)35)51-26-22(23(49-51)31(39,40)41)28(54)48-20(47-26)12-11-19(16-5-9-18(10-6-16)30(36,37)38)52-25-21(24(50-52)32(42,43)44)27(53)46-14(2)45-25/h3-10,13,19H,11-12H2,1-2H3,(H,45,46,53)(H,47,48,54). The van der Waals surface area contributed by atoms with Crippen LogP contribution in [0.15, 0.2) is 58.1 Å². The van der Waals surface area contributed by atoms with Crippen LogP contribution in [0, 0.1) is 6.92 Å². The highest BCUT2D eigenvalue weighted by molar-refractivity contribution is 5.79. The average Bonchev–Trinajstić information content (AvgIpc) is 3.65. The second-order valence-corrected chi connectivity index (χ2v) is 12.1. The van der Waals surface area contributed by atoms with Crippen molar-refractivity contribution >= 4 is 22.1 Å². The second kappa shape index (κ2) is 13.0. The SMILES string of the molecule is Cc1nc2c(c(C(F)(F)F)nn2C(CCc2nc3c(c(C(F)(F)F)nn3C(C)c3ccc(C(F)(F)F)cc3)c(=O)[nH]2)c2ccc(C(F)(F)F)cc2)c(=O)[nH]1. The first kappa shape index (κ1) is 38.0. The van der Waals surface area contributed by atoms with Gasteiger partial charge in [-0.2, -0.15) is 62.9 Å². The fourth-order valence-corrected chi connectivity index (χ4v) is 5.94. The number of benzene rings is 2. The fraction of sp³-hybridized carbons (Fsp3) is 0.312. The molecule has 0 bridgehead atoms. The minimum atomic E-state index is -5.20. The van der Waals surface area contributed by atoms with Gasteiger partial charge in [-0.3, -0.25) is 9.59 Å². The topological polar surface area (TPSA) is 127 Å². The lowest BCUT2D eigenvalue weighted by Crippen LogP contribution is -2.19. The molecule has 22 heteroatoms. The van der Waals surface area contributed by atoms with Gasteiger partial charge in [0.1, 0.15) is 22.4 Å². The van der Waals surface area contributed by atoms with Crippen molar-refractivity contribution in [2.24, 2.45) is 0 Å². The van der Waals surface area contributed by atoms with Crippen LogP contribution in [0.3, 0.4) is 0 Å². The summed E-state index contributed by atoms with van der Waals surface area (Å²) in [6.45, 7) is 2.54. The van der Waals surface area contributed by atoms with Gasteiger partial charge in [0.05, 0.1) is 23.2 Å². The van der Waals surface area contributed by atoms with E-state index in [9.17, 15) is 62.3 Å². The van der Waals surface area contributed by atoms with Gasteiger partial charge in [-0.15, -0.1) is 0 Å². The van der Waals surface area contributed by atoms with Gasteiger partial charge in [-0.25, -0.2) is 19.3 Å². The van der Waals surface area contributed by atoms with Crippen LogP contribution in [0.5, 0.6) is 0 Å². The summed E-state index contributed by atoms with van der Waals surface area (Å²) in [5.41, 5.74) is -9.27. The molecule has 10 nitrogen and oxygen atoms in total. The van der Waals surface area contributed by atoms with E-state index in [1.165, 1.54) is 13.8 Å². The fourth-order valence-electron chi connectivity index (χ4n) is 5.94. The molecule has 0 aliphatic rings. The van der Waals surface area contributed by atoms with Crippen LogP contribution in [0.2, 0.25) is 0 Å². The summed E-state index contributed by atoms with van der Waals surface area (Å²) >= 11 is 0. The molecule has 0 saturated heterocycles. The summed E-state index contributed by atoms with van der Waals surface area (Å²) in [7, 11) is 0. The Hall–Kier alpha value is -5.70. The van der Waals surface area contributed by atoms with Gasteiger partial charge in [-0.1, -0.05) is 24.3 Å². The molecule has 0 radical (unpaired) electrons. The summed E-state index contributed by atoms with van der Waals surface area (Å²) in [6.07, 6.45) is -20.8. The molecule has 0 aliphatic heterocycles. The van der Waals surface area contributed by atoms with Gasteiger partial charge in [0.2, 0.25) is 0 Å². The number of aryl methyl sites for hydroxylation is 2. The van der Waals surface area contributed by atoms with Gasteiger partial charge in [-0.05, 0) is 55.7 Å². The van der Waals surface area contributed by atoms with Crippen LogP contribution in [-0.4, -0.2) is 39.5 Å². The third-order valence-electron chi connectivity index (χ3n) is 8.49. The maximum atomic E-state index is 14.1. The van der Waals surface area contributed by atoms with Crippen LogP contribution in [0.1, 0.15) is 70.7 Å². The Morgan fingerprint density at radius 2 is 1.06 bits per heavy atom. The highest BCUT2D eigenvalue weighted by atomic mass is 19.4. The Morgan fingerprint density at radius 1 is 0.611 bits per heavy atom. The molecule has 2 atom stereocenters. The first-order valence-electron chi connectivity index (χ1n) is 15.4. The first-order valence-corrected chi connectivity index (χ1v) is 15.4. The molecule has 6 aromatic rings. The van der Waals surface area contributed by atoms with Gasteiger partial charge in [0, 0.05) is 6.42 Å². The average molecular weight is 779 g/mol. The molecule has 2 N–H and O–H groups in total. The maximum Gasteiger partial charge on any atom is 0.436 e. The molecule has 4 aromatic heterocycles. The lowest BCUT2D eigenvalue weighted by atomic mass is 10.00. The number of aromatic nitrogens is 8. The summed E-state index contributed by atoms with van der Waals surface area (Å²) in [6, 6.07) is 3.92. The van der Waals surface area contributed by atoms with Crippen molar-refractivity contribution in [1.82, 2.24) is 39.5 Å². The minimum Gasteiger partial charge on any atom is -0.310 e. The normalized spacial score (nSPS) is 14.3. The molecule has 0 spiro atoms. The summed E-state index contributed by atoms with van der Waals surface area (Å²) in [5, 5.41) is 5.15. The van der Waals surface area contributed by atoms with Gasteiger partial charge in [0.25, 0.3) is 11.1 Å². The zero-order chi connectivity index (χ0) is 39.7. The number of rotatable bonds is 7. The van der Waals surface area contributed by atoms with E-state index in [1.54, 1.807) is 0 Å². The largest absolute Gasteiger partial charge is 0.436 e. The van der Waals surface area contributed by atoms with Crippen molar-refractivity contribution < 1.29 is 52.7 Å². The Kier molecular flexibility index (Phi) is 9.16. The van der Waals surface area contributed by atoms with Gasteiger partial charge in [0.15, 0.2) is 22.7 Å². The lowest BCUT2D eigenvalue weighted by molar-refractivity contribution is -0.141. The van der Waals surface area contributed by atoms with E-state index in [4.69, 9.17) is 0 Å². The monoisotopic (exact) mass is 778 g/mol. The Balaban J connectivity index is 1.48. The number of H-pyrrole nitrogens is 2. The number of hydrogen-bond acceptors (Lipinski definition) is 6. The third kappa shape index (κ3) is 7.15. The molecular formula is C32H22F12N8O2. The molecule has 0 saturated carbocycles. The number of nitrogens with one attached hydrogen (secondary N) is 2. The second-order valence-electron chi connectivity index (χ2n) is 12.1. The number of nitrogens with zero attached hydrogens (tertiary/aromatic N) is 6. The lowest BCUT2D eigenvalue weighted by Gasteiger charge is -2.20. The highest BCUT2D eigenvalue weighted by Crippen LogP contribution is 2.38. The summed E-state index contributed by atoms with van der Waals surface area (Å²) < 4.78 is 166. The van der Waals surface area contributed by atoms with Crippen LogP contribution in [0.4, 0.5) is 52.7 Å². The van der Waals surface area contributed by atoms with E-state index in [0.29, 0.717) is 33.6 Å². The Bertz CT molecular complexity index is 2470. The predicted molar refractivity (Wildman–Crippen MR) is 164 cm³/mol. The first-order chi connectivity index (χ1) is 24.9. The van der Waals surface area contributed by atoms with Crippen LogP contribution in [0.25, 0.3) is 22.1 Å². The number of halogens is 12. The van der Waals surface area contributed by atoms with Gasteiger partial charge >= 0.3 is 24.7 Å². The maximum absolute atomic E-state index is 14.1. The van der Waals surface area contributed by atoms with E-state index < -0.39 is 105 Å². The zero-order valence-corrected chi connectivity index (χ0v) is 27.2. The molecule has 2 unspecified atom stereocenters. The Morgan fingerprint density at radius 3 is 1.54 bits per heavy atom. The molecule has 0 amide bonds. The van der Waals surface area contributed by atoms with Gasteiger partial charge < -0.3 is 9.97 Å². The predicted octanol–water partition coefficient (Wildman–Crippen LogP) is 7.77. The number of aromatic amines is 2. The van der Waals surface area contributed by atoms with E-state index in [1.807, 2.05) is 0 Å². The molecule has 2 aromatic carbocycles. The van der Waals surface area contributed by atoms with Crippen LogP contribution < -0.4 is 11.1 Å².